The first-order valence-corrected chi connectivity index (χ1v) is 11.0. The molecule has 0 fully saturated rings. The van der Waals surface area contributed by atoms with Crippen LogP contribution in [0.2, 0.25) is 10.0 Å². The summed E-state index contributed by atoms with van der Waals surface area (Å²) in [6, 6.07) is 17.8. The normalized spacial score (nSPS) is 11.5. The van der Waals surface area contributed by atoms with E-state index in [0.717, 1.165) is 4.31 Å². The van der Waals surface area contributed by atoms with Crippen LogP contribution in [0.25, 0.3) is 0 Å². The number of benzene rings is 3. The number of hydrogen-bond donors (Lipinski definition) is 1. The summed E-state index contributed by atoms with van der Waals surface area (Å²) in [5.41, 5.74) is 0.563. The second-order valence-corrected chi connectivity index (χ2v) is 9.19. The lowest BCUT2D eigenvalue weighted by Gasteiger charge is -2.22. The van der Waals surface area contributed by atoms with Crippen molar-refractivity contribution in [3.05, 3.63) is 94.2 Å². The van der Waals surface area contributed by atoms with Crippen LogP contribution in [0.1, 0.15) is 5.56 Å². The third kappa shape index (κ3) is 5.58. The molecule has 3 aromatic carbocycles. The number of carbonyl (C=O) groups excluding carboxylic acids is 1. The number of hydrogen-bond acceptors (Lipinski definition) is 3. The van der Waals surface area contributed by atoms with Crippen molar-refractivity contribution in [1.82, 2.24) is 4.31 Å². The molecule has 0 aromatic heterocycles. The minimum atomic E-state index is -4.11. The van der Waals surface area contributed by atoms with E-state index in [-0.39, 0.29) is 17.0 Å². The van der Waals surface area contributed by atoms with Gasteiger partial charge in [-0.3, -0.25) is 4.79 Å². The van der Waals surface area contributed by atoms with Crippen LogP contribution < -0.4 is 5.32 Å². The fourth-order valence-corrected chi connectivity index (χ4v) is 4.42. The molecule has 0 saturated carbocycles. The molecule has 5 nitrogen and oxygen atoms in total. The molecule has 0 spiro atoms. The molecule has 0 bridgehead atoms. The molecule has 0 aliphatic rings. The molecular formula is C21H17Cl2FN2O3S. The van der Waals surface area contributed by atoms with Crippen molar-refractivity contribution in [2.24, 2.45) is 0 Å². The molecule has 0 unspecified atom stereocenters. The third-order valence-electron chi connectivity index (χ3n) is 4.18. The number of anilines is 1. The summed E-state index contributed by atoms with van der Waals surface area (Å²) >= 11 is 11.8. The topological polar surface area (TPSA) is 66.5 Å². The van der Waals surface area contributed by atoms with E-state index in [1.165, 1.54) is 48.5 Å². The van der Waals surface area contributed by atoms with E-state index in [2.05, 4.69) is 5.32 Å². The summed E-state index contributed by atoms with van der Waals surface area (Å²) < 4.78 is 41.4. The first-order chi connectivity index (χ1) is 14.3. The largest absolute Gasteiger partial charge is 0.325 e. The lowest BCUT2D eigenvalue weighted by molar-refractivity contribution is -0.116. The van der Waals surface area contributed by atoms with Crippen LogP contribution in [0.4, 0.5) is 10.1 Å². The molecule has 0 saturated heterocycles. The molecular weight excluding hydrogens is 450 g/mol. The van der Waals surface area contributed by atoms with Gasteiger partial charge in [0.15, 0.2) is 0 Å². The maximum Gasteiger partial charge on any atom is 0.243 e. The number of nitrogens with one attached hydrogen (secondary N) is 1. The van der Waals surface area contributed by atoms with Crippen molar-refractivity contribution >= 4 is 44.8 Å². The van der Waals surface area contributed by atoms with Crippen LogP contribution >= 0.6 is 23.2 Å². The van der Waals surface area contributed by atoms with E-state index in [9.17, 15) is 17.6 Å². The van der Waals surface area contributed by atoms with Crippen molar-refractivity contribution in [3.63, 3.8) is 0 Å². The summed E-state index contributed by atoms with van der Waals surface area (Å²) in [5, 5.41) is 3.39. The second-order valence-electron chi connectivity index (χ2n) is 6.38. The molecule has 30 heavy (non-hydrogen) atoms. The first kappa shape index (κ1) is 22.2. The Kier molecular flexibility index (Phi) is 7.10. The monoisotopic (exact) mass is 466 g/mol. The van der Waals surface area contributed by atoms with E-state index >= 15 is 0 Å². The Balaban J connectivity index is 1.89. The van der Waals surface area contributed by atoms with Crippen molar-refractivity contribution < 1.29 is 17.6 Å². The Bertz CT molecular complexity index is 1150. The maximum absolute atomic E-state index is 14.2. The first-order valence-electron chi connectivity index (χ1n) is 8.80. The average Bonchev–Trinajstić information content (AvgIpc) is 2.69. The zero-order valence-electron chi connectivity index (χ0n) is 15.6. The standard InChI is InChI=1S/C21H17Cl2FN2O3S/c22-16-8-10-19(11-9-16)30(28,29)26(13-15-4-1-2-7-20(15)24)14-21(27)25-18-6-3-5-17(23)12-18/h1-12H,13-14H2,(H,25,27). The highest BCUT2D eigenvalue weighted by Crippen LogP contribution is 2.22. The van der Waals surface area contributed by atoms with Crippen molar-refractivity contribution in [2.75, 3.05) is 11.9 Å². The van der Waals surface area contributed by atoms with Gasteiger partial charge in [0.1, 0.15) is 5.82 Å². The van der Waals surface area contributed by atoms with Crippen molar-refractivity contribution in [1.29, 1.82) is 0 Å². The Morgan fingerprint density at radius 3 is 2.30 bits per heavy atom. The summed E-state index contributed by atoms with van der Waals surface area (Å²) in [6.45, 7) is -0.841. The molecule has 0 radical (unpaired) electrons. The summed E-state index contributed by atoms with van der Waals surface area (Å²) in [6.07, 6.45) is 0. The molecule has 1 amide bonds. The van der Waals surface area contributed by atoms with Gasteiger partial charge in [-0.05, 0) is 48.5 Å². The molecule has 9 heteroatoms. The van der Waals surface area contributed by atoms with Crippen LogP contribution in [0.15, 0.2) is 77.7 Å². The van der Waals surface area contributed by atoms with Crippen LogP contribution in [0, 0.1) is 5.82 Å². The Morgan fingerprint density at radius 2 is 1.63 bits per heavy atom. The van der Waals surface area contributed by atoms with Gasteiger partial charge < -0.3 is 5.32 Å². The Morgan fingerprint density at radius 1 is 0.933 bits per heavy atom. The third-order valence-corrected chi connectivity index (χ3v) is 6.48. The van der Waals surface area contributed by atoms with Gasteiger partial charge in [0.25, 0.3) is 0 Å². The van der Waals surface area contributed by atoms with E-state index in [4.69, 9.17) is 23.2 Å². The quantitative estimate of drug-likeness (QED) is 0.534. The second kappa shape index (κ2) is 9.57. The molecule has 0 aliphatic heterocycles. The highest BCUT2D eigenvalue weighted by atomic mass is 35.5. The number of carbonyl (C=O) groups is 1. The lowest BCUT2D eigenvalue weighted by Crippen LogP contribution is -2.37. The highest BCUT2D eigenvalue weighted by molar-refractivity contribution is 7.89. The summed E-state index contributed by atoms with van der Waals surface area (Å²) in [4.78, 5) is 12.5. The SMILES string of the molecule is O=C(CN(Cc1ccccc1F)S(=O)(=O)c1ccc(Cl)cc1)Nc1cccc(Cl)c1. The number of nitrogens with zero attached hydrogens (tertiary/aromatic N) is 1. The van der Waals surface area contributed by atoms with Gasteiger partial charge in [-0.1, -0.05) is 47.5 Å². The molecule has 3 rings (SSSR count). The molecule has 3 aromatic rings. The van der Waals surface area contributed by atoms with Gasteiger partial charge >= 0.3 is 0 Å². The fraction of sp³-hybridized carbons (Fsp3) is 0.0952. The average molecular weight is 467 g/mol. The predicted octanol–water partition coefficient (Wildman–Crippen LogP) is 4.96. The fourth-order valence-electron chi connectivity index (χ4n) is 2.73. The molecule has 0 atom stereocenters. The van der Waals surface area contributed by atoms with Crippen molar-refractivity contribution in [3.8, 4) is 0 Å². The van der Waals surface area contributed by atoms with Gasteiger partial charge in [0, 0.05) is 27.8 Å². The van der Waals surface area contributed by atoms with E-state index in [1.807, 2.05) is 0 Å². The zero-order chi connectivity index (χ0) is 21.7. The van der Waals surface area contributed by atoms with Gasteiger partial charge in [0.05, 0.1) is 11.4 Å². The number of rotatable bonds is 7. The van der Waals surface area contributed by atoms with Gasteiger partial charge in [-0.2, -0.15) is 4.31 Å². The molecule has 1 N–H and O–H groups in total. The van der Waals surface area contributed by atoms with Crippen LogP contribution in [-0.2, 0) is 21.4 Å². The Hall–Kier alpha value is -2.45. The zero-order valence-corrected chi connectivity index (χ0v) is 17.9. The summed E-state index contributed by atoms with van der Waals surface area (Å²) in [5.74, 6) is -1.16. The highest BCUT2D eigenvalue weighted by Gasteiger charge is 2.27. The summed E-state index contributed by atoms with van der Waals surface area (Å²) in [7, 11) is -4.11. The van der Waals surface area contributed by atoms with E-state index in [1.54, 1.807) is 24.3 Å². The van der Waals surface area contributed by atoms with E-state index < -0.39 is 28.3 Å². The maximum atomic E-state index is 14.2. The Labute approximate surface area is 184 Å². The number of sulfonamides is 1. The van der Waals surface area contributed by atoms with Crippen molar-refractivity contribution in [2.45, 2.75) is 11.4 Å². The van der Waals surface area contributed by atoms with E-state index in [0.29, 0.717) is 15.7 Å². The smallest absolute Gasteiger partial charge is 0.243 e. The minimum absolute atomic E-state index is 0.0567. The number of amides is 1. The van der Waals surface area contributed by atoms with Crippen LogP contribution in [-0.4, -0.2) is 25.2 Å². The molecule has 0 aliphatic carbocycles. The van der Waals surface area contributed by atoms with Crippen LogP contribution in [0.5, 0.6) is 0 Å². The van der Waals surface area contributed by atoms with Gasteiger partial charge in [-0.25, -0.2) is 12.8 Å². The molecule has 156 valence electrons. The number of halogens is 3. The van der Waals surface area contributed by atoms with Gasteiger partial charge in [-0.15, -0.1) is 0 Å². The molecule has 0 heterocycles. The van der Waals surface area contributed by atoms with Gasteiger partial charge in [0.2, 0.25) is 15.9 Å². The predicted molar refractivity (Wildman–Crippen MR) is 116 cm³/mol. The van der Waals surface area contributed by atoms with Crippen LogP contribution in [0.3, 0.4) is 0 Å². The lowest BCUT2D eigenvalue weighted by atomic mass is 10.2. The minimum Gasteiger partial charge on any atom is -0.325 e.